The SMILES string of the molecule is CCOC(=O)C1=C(C)NC(=S)NC1C1=COC(Cc2ccccc2)O1. The normalized spacial score (nSPS) is 22.3. The summed E-state index contributed by atoms with van der Waals surface area (Å²) in [5, 5.41) is 6.42. The molecule has 0 amide bonds. The topological polar surface area (TPSA) is 68.8 Å². The second-order valence-electron chi connectivity index (χ2n) is 5.68. The van der Waals surface area contributed by atoms with Gasteiger partial charge in [0.25, 0.3) is 0 Å². The lowest BCUT2D eigenvalue weighted by molar-refractivity contribution is -0.139. The van der Waals surface area contributed by atoms with E-state index in [1.54, 1.807) is 13.8 Å². The maximum absolute atomic E-state index is 12.3. The average molecular weight is 360 g/mol. The van der Waals surface area contributed by atoms with E-state index >= 15 is 0 Å². The molecule has 3 rings (SSSR count). The van der Waals surface area contributed by atoms with E-state index < -0.39 is 18.3 Å². The molecule has 0 saturated carbocycles. The number of carbonyl (C=O) groups is 1. The molecule has 6 nitrogen and oxygen atoms in total. The predicted octanol–water partition coefficient (Wildman–Crippen LogP) is 2.13. The molecule has 1 aromatic rings. The number of ether oxygens (including phenoxy) is 3. The highest BCUT2D eigenvalue weighted by Crippen LogP contribution is 2.27. The molecule has 0 radical (unpaired) electrons. The molecule has 7 heteroatoms. The van der Waals surface area contributed by atoms with Crippen molar-refractivity contribution in [1.29, 1.82) is 0 Å². The van der Waals surface area contributed by atoms with Crippen LogP contribution in [0.1, 0.15) is 19.4 Å². The Morgan fingerprint density at radius 2 is 2.08 bits per heavy atom. The van der Waals surface area contributed by atoms with Crippen molar-refractivity contribution in [3.63, 3.8) is 0 Å². The van der Waals surface area contributed by atoms with Gasteiger partial charge in [-0.15, -0.1) is 0 Å². The van der Waals surface area contributed by atoms with Crippen LogP contribution in [0.5, 0.6) is 0 Å². The van der Waals surface area contributed by atoms with Crippen LogP contribution in [-0.2, 0) is 25.4 Å². The van der Waals surface area contributed by atoms with E-state index in [1.165, 1.54) is 6.26 Å². The van der Waals surface area contributed by atoms with E-state index in [4.69, 9.17) is 26.4 Å². The Bertz CT molecular complexity index is 730. The Labute approximate surface area is 151 Å². The van der Waals surface area contributed by atoms with Crippen molar-refractivity contribution in [2.75, 3.05) is 6.61 Å². The summed E-state index contributed by atoms with van der Waals surface area (Å²) in [6, 6.07) is 9.39. The number of nitrogens with one attached hydrogen (secondary N) is 2. The summed E-state index contributed by atoms with van der Waals surface area (Å²) >= 11 is 5.20. The molecule has 1 aromatic carbocycles. The molecule has 0 spiro atoms. The third-order valence-electron chi connectivity index (χ3n) is 3.90. The lowest BCUT2D eigenvalue weighted by Crippen LogP contribution is -2.50. The van der Waals surface area contributed by atoms with Crippen LogP contribution in [0.3, 0.4) is 0 Å². The maximum Gasteiger partial charge on any atom is 0.338 e. The molecule has 25 heavy (non-hydrogen) atoms. The minimum atomic E-state index is -0.534. The predicted molar refractivity (Wildman–Crippen MR) is 96.2 cm³/mol. The van der Waals surface area contributed by atoms with Gasteiger partial charge in [-0.2, -0.15) is 0 Å². The average Bonchev–Trinajstić information content (AvgIpc) is 3.03. The van der Waals surface area contributed by atoms with Crippen molar-refractivity contribution in [3.8, 4) is 0 Å². The highest BCUT2D eigenvalue weighted by Gasteiger charge is 2.36. The van der Waals surface area contributed by atoms with E-state index in [-0.39, 0.29) is 0 Å². The third kappa shape index (κ3) is 3.93. The zero-order valence-electron chi connectivity index (χ0n) is 14.1. The molecule has 0 aliphatic carbocycles. The van der Waals surface area contributed by atoms with Gasteiger partial charge in [-0.3, -0.25) is 0 Å². The summed E-state index contributed by atoms with van der Waals surface area (Å²) in [5.41, 5.74) is 2.18. The van der Waals surface area contributed by atoms with Crippen LogP contribution in [0.4, 0.5) is 0 Å². The van der Waals surface area contributed by atoms with Crippen LogP contribution in [0.15, 0.2) is 53.6 Å². The van der Waals surface area contributed by atoms with Gasteiger partial charge in [0.05, 0.1) is 12.2 Å². The van der Waals surface area contributed by atoms with E-state index in [2.05, 4.69) is 10.6 Å². The summed E-state index contributed by atoms with van der Waals surface area (Å²) in [4.78, 5) is 12.3. The maximum atomic E-state index is 12.3. The van der Waals surface area contributed by atoms with Gasteiger partial charge in [-0.05, 0) is 31.6 Å². The van der Waals surface area contributed by atoms with Gasteiger partial charge in [0.2, 0.25) is 6.29 Å². The number of benzene rings is 1. The van der Waals surface area contributed by atoms with Gasteiger partial charge in [0.1, 0.15) is 12.3 Å². The second kappa shape index (κ2) is 7.57. The zero-order chi connectivity index (χ0) is 17.8. The van der Waals surface area contributed by atoms with Gasteiger partial charge in [0.15, 0.2) is 10.9 Å². The van der Waals surface area contributed by atoms with Crippen LogP contribution in [0, 0.1) is 0 Å². The van der Waals surface area contributed by atoms with Gasteiger partial charge < -0.3 is 24.8 Å². The number of hydrogen-bond acceptors (Lipinski definition) is 5. The Balaban J connectivity index is 1.74. The van der Waals surface area contributed by atoms with Crippen molar-refractivity contribution >= 4 is 23.3 Å². The first-order valence-corrected chi connectivity index (χ1v) is 8.50. The molecule has 2 unspecified atom stereocenters. The summed E-state index contributed by atoms with van der Waals surface area (Å²) < 4.78 is 16.7. The molecule has 2 atom stereocenters. The second-order valence-corrected chi connectivity index (χ2v) is 6.09. The van der Waals surface area contributed by atoms with Crippen molar-refractivity contribution < 1.29 is 19.0 Å². The molecule has 2 aliphatic heterocycles. The monoisotopic (exact) mass is 360 g/mol. The molecular weight excluding hydrogens is 340 g/mol. The summed E-state index contributed by atoms with van der Waals surface area (Å²) in [6.07, 6.45) is 1.70. The lowest BCUT2D eigenvalue weighted by Gasteiger charge is -2.29. The number of thiocarbonyl (C=S) groups is 1. The lowest BCUT2D eigenvalue weighted by atomic mass is 10.0. The van der Waals surface area contributed by atoms with Crippen molar-refractivity contribution in [3.05, 3.63) is 59.2 Å². The molecular formula is C18H20N2O4S. The summed E-state index contributed by atoms with van der Waals surface area (Å²) in [7, 11) is 0. The van der Waals surface area contributed by atoms with Crippen molar-refractivity contribution in [2.24, 2.45) is 0 Å². The van der Waals surface area contributed by atoms with E-state index in [1.807, 2.05) is 30.3 Å². The van der Waals surface area contributed by atoms with E-state index in [0.717, 1.165) is 5.56 Å². The number of hydrogen-bond donors (Lipinski definition) is 2. The minimum absolute atomic E-state index is 0.291. The van der Waals surface area contributed by atoms with Crippen LogP contribution in [0.25, 0.3) is 0 Å². The zero-order valence-corrected chi connectivity index (χ0v) is 14.9. The number of esters is 1. The number of rotatable bonds is 5. The van der Waals surface area contributed by atoms with Crippen LogP contribution in [-0.4, -0.2) is 30.0 Å². The first kappa shape index (κ1) is 17.3. The van der Waals surface area contributed by atoms with Gasteiger partial charge >= 0.3 is 5.97 Å². The van der Waals surface area contributed by atoms with E-state index in [9.17, 15) is 4.79 Å². The fraction of sp³-hybridized carbons (Fsp3) is 0.333. The standard InChI is InChI=1S/C18H20N2O4S/c1-3-22-17(21)15-11(2)19-18(25)20-16(15)13-10-23-14(24-13)9-12-7-5-4-6-8-12/h4-8,10,14,16H,3,9H2,1-2H3,(H2,19,20,25). The van der Waals surface area contributed by atoms with Crippen molar-refractivity contribution in [2.45, 2.75) is 32.6 Å². The Morgan fingerprint density at radius 1 is 1.32 bits per heavy atom. The first-order chi connectivity index (χ1) is 12.1. The van der Waals surface area contributed by atoms with Gasteiger partial charge in [0, 0.05) is 12.1 Å². The van der Waals surface area contributed by atoms with Crippen molar-refractivity contribution in [1.82, 2.24) is 10.6 Å². The smallest absolute Gasteiger partial charge is 0.338 e. The largest absolute Gasteiger partial charge is 0.463 e. The molecule has 2 N–H and O–H groups in total. The molecule has 132 valence electrons. The fourth-order valence-corrected chi connectivity index (χ4v) is 3.04. The quantitative estimate of drug-likeness (QED) is 0.616. The summed E-state index contributed by atoms with van der Waals surface area (Å²) in [5.74, 6) is 0.0932. The molecule has 2 heterocycles. The Hall–Kier alpha value is -2.54. The van der Waals surface area contributed by atoms with Gasteiger partial charge in [-0.25, -0.2) is 4.79 Å². The highest BCUT2D eigenvalue weighted by molar-refractivity contribution is 7.80. The molecule has 0 fully saturated rings. The molecule has 0 bridgehead atoms. The minimum Gasteiger partial charge on any atom is -0.463 e. The Kier molecular flexibility index (Phi) is 5.23. The van der Waals surface area contributed by atoms with Crippen LogP contribution >= 0.6 is 12.2 Å². The van der Waals surface area contributed by atoms with Crippen LogP contribution < -0.4 is 10.6 Å². The highest BCUT2D eigenvalue weighted by atomic mass is 32.1. The fourth-order valence-electron chi connectivity index (χ4n) is 2.77. The Morgan fingerprint density at radius 3 is 2.80 bits per heavy atom. The molecule has 2 aliphatic rings. The third-order valence-corrected chi connectivity index (χ3v) is 4.12. The summed E-state index contributed by atoms with van der Waals surface area (Å²) in [6.45, 7) is 3.84. The van der Waals surface area contributed by atoms with Crippen LogP contribution in [0.2, 0.25) is 0 Å². The molecule has 0 aromatic heterocycles. The number of carbonyl (C=O) groups excluding carboxylic acids is 1. The molecule has 0 saturated heterocycles. The van der Waals surface area contributed by atoms with Gasteiger partial charge in [-0.1, -0.05) is 30.3 Å². The first-order valence-electron chi connectivity index (χ1n) is 8.10. The van der Waals surface area contributed by atoms with E-state index in [0.29, 0.717) is 35.2 Å². The number of allylic oxidation sites excluding steroid dienone is 1.